The van der Waals surface area contributed by atoms with E-state index in [0.29, 0.717) is 0 Å². The van der Waals surface area contributed by atoms with Gasteiger partial charge in [-0.2, -0.15) is 25.8 Å². The molecule has 0 radical (unpaired) electrons. The van der Waals surface area contributed by atoms with Crippen LogP contribution in [0.25, 0.3) is 0 Å². The minimum absolute atomic E-state index is 0.231. The summed E-state index contributed by atoms with van der Waals surface area (Å²) in [5.74, 6) is 0. The molecule has 3 atom stereocenters. The van der Waals surface area contributed by atoms with Gasteiger partial charge in [0.15, 0.2) is 0 Å². The van der Waals surface area contributed by atoms with Gasteiger partial charge in [0.05, 0.1) is 24.0 Å². The molecule has 0 fully saturated rings. The first-order valence-electron chi connectivity index (χ1n) is 3.97. The number of hydrogen-bond acceptors (Lipinski definition) is 6. The molecule has 15 heavy (non-hydrogen) atoms. The van der Waals surface area contributed by atoms with Gasteiger partial charge in [0, 0.05) is 0 Å². The van der Waals surface area contributed by atoms with Crippen LogP contribution < -0.4 is 4.72 Å². The minimum Gasteiger partial charge on any atom is -0.395 e. The lowest BCUT2D eigenvalue weighted by atomic mass is 10.1. The standard InChI is InChI=1S/C6H13NO6S2/c8-2-4(7-15(11,12)13)1-5(10)6(14)3-9/h2,4-7,9-10,14H,1,3H2,(H,11,12,13)/t4-,5-,6-/m0/s1. The van der Waals surface area contributed by atoms with Crippen LogP contribution in [0.15, 0.2) is 0 Å². The lowest BCUT2D eigenvalue weighted by Crippen LogP contribution is -2.40. The molecule has 0 aromatic heterocycles. The molecule has 0 spiro atoms. The Hall–Kier alpha value is -0.190. The van der Waals surface area contributed by atoms with Gasteiger partial charge in [-0.1, -0.05) is 0 Å². The van der Waals surface area contributed by atoms with Crippen molar-refractivity contribution in [2.45, 2.75) is 23.8 Å². The van der Waals surface area contributed by atoms with Crippen LogP contribution in [0.1, 0.15) is 6.42 Å². The molecule has 90 valence electrons. The fourth-order valence-electron chi connectivity index (χ4n) is 0.862. The highest BCUT2D eigenvalue weighted by molar-refractivity contribution is 7.83. The smallest absolute Gasteiger partial charge is 0.334 e. The van der Waals surface area contributed by atoms with Gasteiger partial charge in [-0.05, 0) is 6.42 Å². The molecule has 0 unspecified atom stereocenters. The fraction of sp³-hybridized carbons (Fsp3) is 0.833. The molecule has 7 nitrogen and oxygen atoms in total. The van der Waals surface area contributed by atoms with E-state index in [4.69, 9.17) is 9.66 Å². The Kier molecular flexibility index (Phi) is 6.32. The van der Waals surface area contributed by atoms with Crippen LogP contribution in [0.2, 0.25) is 0 Å². The number of thiol groups is 1. The highest BCUT2D eigenvalue weighted by atomic mass is 32.2. The summed E-state index contributed by atoms with van der Waals surface area (Å²) < 4.78 is 30.7. The number of carbonyl (C=O) groups is 1. The van der Waals surface area contributed by atoms with Gasteiger partial charge in [0.2, 0.25) is 0 Å². The van der Waals surface area contributed by atoms with Gasteiger partial charge in [-0.25, -0.2) is 0 Å². The van der Waals surface area contributed by atoms with E-state index in [1.165, 1.54) is 0 Å². The maximum atomic E-state index is 10.4. The second kappa shape index (κ2) is 6.40. The third-order valence-corrected chi connectivity index (χ3v) is 2.70. The van der Waals surface area contributed by atoms with Crippen molar-refractivity contribution in [1.29, 1.82) is 0 Å². The van der Waals surface area contributed by atoms with Gasteiger partial charge >= 0.3 is 10.3 Å². The number of nitrogens with one attached hydrogen (secondary N) is 1. The Labute approximate surface area is 92.8 Å². The van der Waals surface area contributed by atoms with Crippen LogP contribution in [0, 0.1) is 0 Å². The molecule has 0 saturated carbocycles. The Morgan fingerprint density at radius 2 is 2.00 bits per heavy atom. The van der Waals surface area contributed by atoms with Gasteiger partial charge in [0.1, 0.15) is 6.29 Å². The zero-order valence-electron chi connectivity index (χ0n) is 7.65. The first-order chi connectivity index (χ1) is 6.80. The SMILES string of the molecule is O=C[C@H](C[C@H](O)[C@@H](S)CO)NS(=O)(=O)O. The highest BCUT2D eigenvalue weighted by Crippen LogP contribution is 2.07. The van der Waals surface area contributed by atoms with E-state index in [0.717, 1.165) is 0 Å². The van der Waals surface area contributed by atoms with Crippen LogP contribution in [0.4, 0.5) is 0 Å². The van der Waals surface area contributed by atoms with E-state index < -0.39 is 34.3 Å². The van der Waals surface area contributed by atoms with Crippen LogP contribution >= 0.6 is 12.6 Å². The molecule has 0 aromatic rings. The molecular formula is C6H13NO6S2. The molecule has 0 saturated heterocycles. The summed E-state index contributed by atoms with van der Waals surface area (Å²) in [5.41, 5.74) is 0. The van der Waals surface area contributed by atoms with Gasteiger partial charge in [-0.15, -0.1) is 0 Å². The number of aldehydes is 1. The van der Waals surface area contributed by atoms with E-state index in [9.17, 15) is 18.3 Å². The molecule has 9 heteroatoms. The van der Waals surface area contributed by atoms with Crippen LogP contribution in [0.3, 0.4) is 0 Å². The third-order valence-electron chi connectivity index (χ3n) is 1.59. The zero-order chi connectivity index (χ0) is 12.1. The fourth-order valence-corrected chi connectivity index (χ4v) is 1.52. The summed E-state index contributed by atoms with van der Waals surface area (Å²) in [4.78, 5) is 10.4. The number of aliphatic hydroxyl groups excluding tert-OH is 2. The monoisotopic (exact) mass is 259 g/mol. The molecular weight excluding hydrogens is 246 g/mol. The Balaban J connectivity index is 4.28. The summed E-state index contributed by atoms with van der Waals surface area (Å²) in [6.07, 6.45) is -1.21. The minimum atomic E-state index is -4.49. The Morgan fingerprint density at radius 3 is 2.33 bits per heavy atom. The molecule has 0 aromatic carbocycles. The zero-order valence-corrected chi connectivity index (χ0v) is 9.36. The third kappa shape index (κ3) is 6.82. The van der Waals surface area contributed by atoms with Crippen molar-refractivity contribution >= 4 is 29.2 Å². The number of rotatable bonds is 7. The first-order valence-corrected chi connectivity index (χ1v) is 5.92. The summed E-state index contributed by atoms with van der Waals surface area (Å²) in [5, 5.41) is 17.1. The van der Waals surface area contributed by atoms with Gasteiger partial charge in [0.25, 0.3) is 0 Å². The van der Waals surface area contributed by atoms with Gasteiger partial charge < -0.3 is 15.0 Å². The molecule has 0 rings (SSSR count). The molecule has 0 aliphatic carbocycles. The van der Waals surface area contributed by atoms with Crippen molar-refractivity contribution in [2.75, 3.05) is 6.61 Å². The molecule has 0 bridgehead atoms. The lowest BCUT2D eigenvalue weighted by molar-refractivity contribution is -0.109. The van der Waals surface area contributed by atoms with Crippen molar-refractivity contribution in [2.24, 2.45) is 0 Å². The van der Waals surface area contributed by atoms with Crippen LogP contribution in [-0.2, 0) is 15.1 Å². The predicted octanol–water partition coefficient (Wildman–Crippen LogP) is -2.01. The highest BCUT2D eigenvalue weighted by Gasteiger charge is 2.22. The summed E-state index contributed by atoms with van der Waals surface area (Å²) in [6, 6.07) is -1.25. The summed E-state index contributed by atoms with van der Waals surface area (Å²) in [7, 11) is -4.49. The number of hydrogen-bond donors (Lipinski definition) is 5. The van der Waals surface area contributed by atoms with Crippen molar-refractivity contribution < 1.29 is 28.0 Å². The molecule has 0 aliphatic rings. The average Bonchev–Trinajstić information content (AvgIpc) is 2.13. The van der Waals surface area contributed by atoms with Crippen LogP contribution in [0.5, 0.6) is 0 Å². The Bertz CT molecular complexity index is 292. The van der Waals surface area contributed by atoms with E-state index in [1.807, 2.05) is 0 Å². The predicted molar refractivity (Wildman–Crippen MR) is 55.0 cm³/mol. The van der Waals surface area contributed by atoms with E-state index in [-0.39, 0.29) is 12.7 Å². The van der Waals surface area contributed by atoms with Crippen molar-refractivity contribution in [1.82, 2.24) is 4.72 Å². The normalized spacial score (nSPS) is 18.1. The quantitative estimate of drug-likeness (QED) is 0.204. The second-order valence-corrected chi connectivity index (χ2v) is 4.74. The maximum Gasteiger partial charge on any atom is 0.334 e. The molecule has 0 amide bonds. The molecule has 0 aliphatic heterocycles. The lowest BCUT2D eigenvalue weighted by Gasteiger charge is -2.18. The Morgan fingerprint density at radius 1 is 1.47 bits per heavy atom. The molecule has 0 heterocycles. The number of aliphatic hydroxyl groups is 2. The summed E-state index contributed by atoms with van der Waals surface area (Å²) in [6.45, 7) is -0.415. The maximum absolute atomic E-state index is 10.4. The summed E-state index contributed by atoms with van der Waals surface area (Å²) >= 11 is 3.79. The largest absolute Gasteiger partial charge is 0.395 e. The second-order valence-electron chi connectivity index (χ2n) is 2.89. The van der Waals surface area contributed by atoms with E-state index >= 15 is 0 Å². The van der Waals surface area contributed by atoms with Crippen molar-refractivity contribution in [3.8, 4) is 0 Å². The van der Waals surface area contributed by atoms with E-state index in [1.54, 1.807) is 4.72 Å². The molecule has 4 N–H and O–H groups in total. The van der Waals surface area contributed by atoms with Crippen LogP contribution in [-0.4, -0.2) is 53.5 Å². The topological polar surface area (TPSA) is 124 Å². The van der Waals surface area contributed by atoms with Crippen molar-refractivity contribution in [3.05, 3.63) is 0 Å². The van der Waals surface area contributed by atoms with Crippen molar-refractivity contribution in [3.63, 3.8) is 0 Å². The number of carbonyl (C=O) groups excluding carboxylic acids is 1. The van der Waals surface area contributed by atoms with E-state index in [2.05, 4.69) is 12.6 Å². The average molecular weight is 259 g/mol. The first kappa shape index (κ1) is 14.8. The van der Waals surface area contributed by atoms with Gasteiger partial charge in [-0.3, -0.25) is 4.55 Å².